The molecule has 3 N–H and O–H groups in total. The maximum absolute atomic E-state index is 14.2. The Balaban J connectivity index is 1.50. The van der Waals surface area contributed by atoms with Gasteiger partial charge in [-0.2, -0.15) is 0 Å². The summed E-state index contributed by atoms with van der Waals surface area (Å²) in [6.45, 7) is 3.58. The van der Waals surface area contributed by atoms with E-state index in [2.05, 4.69) is 15.4 Å². The number of halogens is 1. The molecule has 1 aliphatic heterocycles. The monoisotopic (exact) mass is 448 g/mol. The van der Waals surface area contributed by atoms with Crippen molar-refractivity contribution in [1.82, 2.24) is 15.4 Å². The Morgan fingerprint density at radius 1 is 1.16 bits per heavy atom. The largest absolute Gasteiger partial charge is 0.367 e. The lowest BCUT2D eigenvalue weighted by atomic mass is 10.0. The van der Waals surface area contributed by atoms with Crippen LogP contribution in [-0.2, 0) is 22.3 Å². The average molecular weight is 449 g/mol. The second-order valence-electron chi connectivity index (χ2n) is 7.85. The fourth-order valence-corrected chi connectivity index (χ4v) is 4.42. The Morgan fingerprint density at radius 2 is 1.87 bits per heavy atom. The van der Waals surface area contributed by atoms with Gasteiger partial charge in [-0.25, -0.2) is 22.3 Å². The first kappa shape index (κ1) is 23.0. The van der Waals surface area contributed by atoms with E-state index in [1.54, 1.807) is 30.3 Å². The number of sulfonamides is 1. The van der Waals surface area contributed by atoms with E-state index < -0.39 is 10.0 Å². The Hall–Kier alpha value is -2.65. The van der Waals surface area contributed by atoms with E-state index >= 15 is 0 Å². The molecule has 0 saturated carbocycles. The highest BCUT2D eigenvalue weighted by Gasteiger charge is 2.23. The molecular weight excluding hydrogens is 419 g/mol. The van der Waals surface area contributed by atoms with Gasteiger partial charge in [0, 0.05) is 25.7 Å². The van der Waals surface area contributed by atoms with Crippen LogP contribution in [0.15, 0.2) is 42.5 Å². The molecule has 0 aromatic heterocycles. The van der Waals surface area contributed by atoms with E-state index in [4.69, 9.17) is 0 Å². The highest BCUT2D eigenvalue weighted by molar-refractivity contribution is 7.88. The lowest BCUT2D eigenvalue weighted by Gasteiger charge is -2.35. The van der Waals surface area contributed by atoms with Gasteiger partial charge in [0.1, 0.15) is 5.82 Å². The van der Waals surface area contributed by atoms with Crippen LogP contribution in [0.4, 0.5) is 14.9 Å². The van der Waals surface area contributed by atoms with Crippen molar-refractivity contribution in [2.24, 2.45) is 0 Å². The number of benzene rings is 2. The Morgan fingerprint density at radius 3 is 2.58 bits per heavy atom. The second kappa shape index (κ2) is 10.1. The van der Waals surface area contributed by atoms with E-state index in [1.807, 2.05) is 17.9 Å². The van der Waals surface area contributed by atoms with Gasteiger partial charge >= 0.3 is 6.03 Å². The first-order chi connectivity index (χ1) is 14.8. The number of nitrogens with one attached hydrogen (secondary N) is 3. The van der Waals surface area contributed by atoms with E-state index in [1.165, 1.54) is 13.1 Å². The molecule has 0 radical (unpaired) electrons. The molecule has 2 aromatic rings. The number of urea groups is 1. The first-order valence-corrected chi connectivity index (χ1v) is 12.0. The van der Waals surface area contributed by atoms with Crippen LogP contribution < -0.4 is 20.3 Å². The molecule has 2 aromatic carbocycles. The predicted molar refractivity (Wildman–Crippen MR) is 120 cm³/mol. The van der Waals surface area contributed by atoms with Gasteiger partial charge in [0.25, 0.3) is 0 Å². The van der Waals surface area contributed by atoms with E-state index in [0.717, 1.165) is 30.5 Å². The Labute approximate surface area is 183 Å². The van der Waals surface area contributed by atoms with Crippen LogP contribution in [0.3, 0.4) is 0 Å². The van der Waals surface area contributed by atoms with Crippen molar-refractivity contribution in [3.63, 3.8) is 0 Å². The zero-order chi connectivity index (χ0) is 22.4. The molecule has 0 aliphatic carbocycles. The van der Waals surface area contributed by atoms with E-state index in [-0.39, 0.29) is 23.6 Å². The standard InChI is InChI=1S/C22H29FN4O3S/c1-16-5-10-20(23)21(12-16)27-11-3-4-19(14-27)26-22(28)25-13-17-6-8-18(9-7-17)15-31(29,30)24-2/h5-10,12,19,24H,3-4,11,13-15H2,1-2H3,(H2,25,26,28). The van der Waals surface area contributed by atoms with E-state index in [9.17, 15) is 17.6 Å². The van der Waals surface area contributed by atoms with Gasteiger partial charge in [-0.3, -0.25) is 0 Å². The third-order valence-corrected chi connectivity index (χ3v) is 6.68. The molecule has 1 unspecified atom stereocenters. The molecule has 0 spiro atoms. The summed E-state index contributed by atoms with van der Waals surface area (Å²) in [5, 5.41) is 5.80. The number of aryl methyl sites for hydroxylation is 1. The number of carbonyl (C=O) groups excluding carboxylic acids is 1. The molecule has 0 bridgehead atoms. The summed E-state index contributed by atoms with van der Waals surface area (Å²) in [5.41, 5.74) is 3.12. The molecule has 1 saturated heterocycles. The fraction of sp³-hybridized carbons (Fsp3) is 0.409. The highest BCUT2D eigenvalue weighted by Crippen LogP contribution is 2.24. The fourth-order valence-electron chi connectivity index (χ4n) is 3.64. The van der Waals surface area contributed by atoms with Gasteiger partial charge in [-0.15, -0.1) is 0 Å². The van der Waals surface area contributed by atoms with Gasteiger partial charge in [-0.05, 0) is 55.6 Å². The first-order valence-electron chi connectivity index (χ1n) is 10.3. The maximum atomic E-state index is 14.2. The molecule has 1 aliphatic rings. The average Bonchev–Trinajstić information content (AvgIpc) is 2.75. The molecule has 7 nitrogen and oxygen atoms in total. The number of anilines is 1. The second-order valence-corrected chi connectivity index (χ2v) is 9.77. The summed E-state index contributed by atoms with van der Waals surface area (Å²) in [5.74, 6) is -0.334. The van der Waals surface area contributed by atoms with Gasteiger partial charge in [-0.1, -0.05) is 30.3 Å². The SMILES string of the molecule is CNS(=O)(=O)Cc1ccc(CNC(=O)NC2CCCN(c3cc(C)ccc3F)C2)cc1. The number of hydrogen-bond acceptors (Lipinski definition) is 4. The minimum Gasteiger partial charge on any atom is -0.367 e. The Kier molecular flexibility index (Phi) is 7.50. The number of amides is 2. The van der Waals surface area contributed by atoms with Crippen LogP contribution in [0.2, 0.25) is 0 Å². The van der Waals surface area contributed by atoms with Crippen molar-refractivity contribution < 1.29 is 17.6 Å². The van der Waals surface area contributed by atoms with Crippen molar-refractivity contribution in [3.8, 4) is 0 Å². The number of piperidine rings is 1. The summed E-state index contributed by atoms with van der Waals surface area (Å²) in [7, 11) is -1.93. The number of carbonyl (C=O) groups is 1. The summed E-state index contributed by atoms with van der Waals surface area (Å²) in [6, 6.07) is 11.8. The molecule has 31 heavy (non-hydrogen) atoms. The number of hydrogen-bond donors (Lipinski definition) is 3. The Bertz CT molecular complexity index is 1010. The topological polar surface area (TPSA) is 90.5 Å². The quantitative estimate of drug-likeness (QED) is 0.607. The minimum atomic E-state index is -3.31. The predicted octanol–water partition coefficient (Wildman–Crippen LogP) is 2.65. The molecule has 1 fully saturated rings. The zero-order valence-corrected chi connectivity index (χ0v) is 18.6. The normalized spacial score (nSPS) is 16.7. The van der Waals surface area contributed by atoms with E-state index in [0.29, 0.717) is 24.3 Å². The van der Waals surface area contributed by atoms with Crippen LogP contribution in [0.5, 0.6) is 0 Å². The third kappa shape index (κ3) is 6.67. The minimum absolute atomic E-state index is 0.0669. The van der Waals surface area contributed by atoms with Gasteiger partial charge < -0.3 is 15.5 Å². The molecule has 168 valence electrons. The van der Waals surface area contributed by atoms with Crippen LogP contribution in [0.25, 0.3) is 0 Å². The van der Waals surface area contributed by atoms with Gasteiger partial charge in [0.15, 0.2) is 0 Å². The third-order valence-electron chi connectivity index (χ3n) is 5.34. The van der Waals surface area contributed by atoms with Crippen molar-refractivity contribution >= 4 is 21.7 Å². The molecule has 1 atom stereocenters. The van der Waals surface area contributed by atoms with Crippen molar-refractivity contribution in [3.05, 3.63) is 65.0 Å². The summed E-state index contributed by atoms with van der Waals surface area (Å²) in [6.07, 6.45) is 1.71. The summed E-state index contributed by atoms with van der Waals surface area (Å²) in [4.78, 5) is 14.3. The lowest BCUT2D eigenvalue weighted by molar-refractivity contribution is 0.234. The number of nitrogens with zero attached hydrogens (tertiary/aromatic N) is 1. The maximum Gasteiger partial charge on any atom is 0.315 e. The van der Waals surface area contributed by atoms with Crippen molar-refractivity contribution in [2.45, 2.75) is 38.1 Å². The molecule has 9 heteroatoms. The highest BCUT2D eigenvalue weighted by atomic mass is 32.2. The molecule has 2 amide bonds. The van der Waals surface area contributed by atoms with Gasteiger partial charge in [0.2, 0.25) is 10.0 Å². The summed E-state index contributed by atoms with van der Waals surface area (Å²) < 4.78 is 39.7. The number of rotatable bonds is 7. The molecular formula is C22H29FN4O3S. The smallest absolute Gasteiger partial charge is 0.315 e. The van der Waals surface area contributed by atoms with Crippen molar-refractivity contribution in [2.75, 3.05) is 25.0 Å². The molecule has 1 heterocycles. The van der Waals surface area contributed by atoms with Crippen LogP contribution in [0, 0.1) is 12.7 Å². The van der Waals surface area contributed by atoms with Crippen LogP contribution in [0.1, 0.15) is 29.5 Å². The molecule has 3 rings (SSSR count). The zero-order valence-electron chi connectivity index (χ0n) is 17.8. The van der Waals surface area contributed by atoms with Crippen LogP contribution in [-0.4, -0.2) is 40.6 Å². The van der Waals surface area contributed by atoms with Gasteiger partial charge in [0.05, 0.1) is 11.4 Å². The lowest BCUT2D eigenvalue weighted by Crippen LogP contribution is -2.50. The van der Waals surface area contributed by atoms with Crippen molar-refractivity contribution in [1.29, 1.82) is 0 Å². The summed E-state index contributed by atoms with van der Waals surface area (Å²) >= 11 is 0. The van der Waals surface area contributed by atoms with Crippen LogP contribution >= 0.6 is 0 Å².